The van der Waals surface area contributed by atoms with E-state index in [1.54, 1.807) is 18.2 Å². The summed E-state index contributed by atoms with van der Waals surface area (Å²) in [7, 11) is 0. The van der Waals surface area contributed by atoms with Crippen LogP contribution in [0.25, 0.3) is 5.65 Å². The van der Waals surface area contributed by atoms with E-state index in [1.165, 1.54) is 34.5 Å². The number of rotatable bonds is 3. The van der Waals surface area contributed by atoms with E-state index in [4.69, 9.17) is 11.6 Å². The Morgan fingerprint density at radius 2 is 2.10 bits per heavy atom. The minimum atomic E-state index is -0.441. The van der Waals surface area contributed by atoms with Crippen LogP contribution in [0.1, 0.15) is 5.56 Å². The molecule has 0 aliphatic heterocycles. The highest BCUT2D eigenvalue weighted by atomic mass is 35.5. The van der Waals surface area contributed by atoms with Crippen molar-refractivity contribution in [1.82, 2.24) is 14.4 Å². The standard InChI is InChI=1S/C14H9ClFN3OS/c15-10-4-5-12-17-13(18-14(20)19(12)7-10)21-8-9-2-1-3-11(16)6-9/h1-7H,8H2. The van der Waals surface area contributed by atoms with Crippen LogP contribution in [0.4, 0.5) is 4.39 Å². The van der Waals surface area contributed by atoms with Crippen molar-refractivity contribution in [2.24, 2.45) is 0 Å². The molecule has 4 nitrogen and oxygen atoms in total. The van der Waals surface area contributed by atoms with Gasteiger partial charge < -0.3 is 0 Å². The van der Waals surface area contributed by atoms with Gasteiger partial charge in [-0.05, 0) is 29.8 Å². The van der Waals surface area contributed by atoms with Crippen molar-refractivity contribution >= 4 is 29.0 Å². The summed E-state index contributed by atoms with van der Waals surface area (Å²) in [6.45, 7) is 0. The zero-order valence-electron chi connectivity index (χ0n) is 10.7. The third kappa shape index (κ3) is 3.22. The lowest BCUT2D eigenvalue weighted by molar-refractivity contribution is 0.626. The molecule has 2 aromatic heterocycles. The van der Waals surface area contributed by atoms with Gasteiger partial charge in [0.1, 0.15) is 11.5 Å². The van der Waals surface area contributed by atoms with Crippen LogP contribution in [0, 0.1) is 5.82 Å². The number of nitrogens with zero attached hydrogens (tertiary/aromatic N) is 3. The second kappa shape index (κ2) is 5.83. The minimum absolute atomic E-state index is 0.290. The first kappa shape index (κ1) is 14.0. The Hall–Kier alpha value is -1.92. The summed E-state index contributed by atoms with van der Waals surface area (Å²) >= 11 is 7.11. The lowest BCUT2D eigenvalue weighted by Gasteiger charge is -2.03. The number of pyridine rings is 1. The van der Waals surface area contributed by atoms with Crippen molar-refractivity contribution in [2.45, 2.75) is 10.9 Å². The molecule has 0 amide bonds. The number of benzene rings is 1. The van der Waals surface area contributed by atoms with Crippen molar-refractivity contribution < 1.29 is 4.39 Å². The van der Waals surface area contributed by atoms with Gasteiger partial charge in [0.15, 0.2) is 5.16 Å². The van der Waals surface area contributed by atoms with Crippen molar-refractivity contribution in [3.8, 4) is 0 Å². The summed E-state index contributed by atoms with van der Waals surface area (Å²) in [5, 5.41) is 0.792. The van der Waals surface area contributed by atoms with Crippen LogP contribution < -0.4 is 5.69 Å². The molecule has 0 unspecified atom stereocenters. The van der Waals surface area contributed by atoms with Gasteiger partial charge in [0.25, 0.3) is 0 Å². The predicted molar refractivity (Wildman–Crippen MR) is 80.2 cm³/mol. The monoisotopic (exact) mass is 321 g/mol. The molecule has 0 fully saturated rings. The molecular formula is C14H9ClFN3OS. The van der Waals surface area contributed by atoms with Gasteiger partial charge in [0.2, 0.25) is 0 Å². The lowest BCUT2D eigenvalue weighted by atomic mass is 10.2. The molecule has 2 heterocycles. The molecule has 0 aliphatic rings. The quantitative estimate of drug-likeness (QED) is 0.695. The van der Waals surface area contributed by atoms with E-state index >= 15 is 0 Å². The molecule has 0 atom stereocenters. The molecule has 3 rings (SSSR count). The molecule has 106 valence electrons. The van der Waals surface area contributed by atoms with Gasteiger partial charge >= 0.3 is 5.69 Å². The van der Waals surface area contributed by atoms with E-state index < -0.39 is 5.69 Å². The number of hydrogen-bond donors (Lipinski definition) is 0. The van der Waals surface area contributed by atoms with Crippen LogP contribution in [0.5, 0.6) is 0 Å². The number of halogens is 2. The summed E-state index contributed by atoms with van der Waals surface area (Å²) in [5.74, 6) is 0.197. The maximum absolute atomic E-state index is 13.1. The van der Waals surface area contributed by atoms with Gasteiger partial charge in [0.05, 0.1) is 5.02 Å². The lowest BCUT2D eigenvalue weighted by Crippen LogP contribution is -2.18. The number of fused-ring (bicyclic) bond motifs is 1. The normalized spacial score (nSPS) is 11.0. The van der Waals surface area contributed by atoms with Gasteiger partial charge in [-0.15, -0.1) is 0 Å². The van der Waals surface area contributed by atoms with Gasteiger partial charge in [-0.2, -0.15) is 4.98 Å². The van der Waals surface area contributed by atoms with Gasteiger partial charge in [0, 0.05) is 11.9 Å². The number of aromatic nitrogens is 3. The average Bonchev–Trinajstić information content (AvgIpc) is 2.46. The molecule has 3 aromatic rings. The largest absolute Gasteiger partial charge is 0.355 e. The minimum Gasteiger partial charge on any atom is -0.250 e. The number of thioether (sulfide) groups is 1. The molecule has 1 aromatic carbocycles. The van der Waals surface area contributed by atoms with Crippen LogP contribution >= 0.6 is 23.4 Å². The fourth-order valence-corrected chi connectivity index (χ4v) is 2.75. The van der Waals surface area contributed by atoms with Crippen molar-refractivity contribution in [2.75, 3.05) is 0 Å². The van der Waals surface area contributed by atoms with E-state index in [0.717, 1.165) is 5.56 Å². The van der Waals surface area contributed by atoms with Crippen LogP contribution in [0.15, 0.2) is 52.5 Å². The zero-order chi connectivity index (χ0) is 14.8. The van der Waals surface area contributed by atoms with Crippen molar-refractivity contribution in [1.29, 1.82) is 0 Å². The summed E-state index contributed by atoms with van der Waals surface area (Å²) in [6, 6.07) is 9.59. The average molecular weight is 322 g/mol. The molecule has 0 radical (unpaired) electrons. The van der Waals surface area contributed by atoms with E-state index in [0.29, 0.717) is 21.6 Å². The van der Waals surface area contributed by atoms with E-state index in [1.807, 2.05) is 6.07 Å². The maximum Gasteiger partial charge on any atom is 0.355 e. The van der Waals surface area contributed by atoms with Crippen LogP contribution in [0.2, 0.25) is 5.02 Å². The number of hydrogen-bond acceptors (Lipinski definition) is 4. The van der Waals surface area contributed by atoms with Crippen LogP contribution in [-0.2, 0) is 5.75 Å². The maximum atomic E-state index is 13.1. The Labute approximate surface area is 128 Å². The summed E-state index contributed by atoms with van der Waals surface area (Å²) in [5.41, 5.74) is 0.838. The second-order valence-corrected chi connectivity index (χ2v) is 5.66. The highest BCUT2D eigenvalue weighted by Crippen LogP contribution is 2.19. The summed E-state index contributed by atoms with van der Waals surface area (Å²) < 4.78 is 14.4. The molecular weight excluding hydrogens is 313 g/mol. The van der Waals surface area contributed by atoms with Gasteiger partial charge in [-0.3, -0.25) is 0 Å². The third-order valence-electron chi connectivity index (χ3n) is 2.76. The van der Waals surface area contributed by atoms with Crippen molar-refractivity contribution in [3.63, 3.8) is 0 Å². The molecule has 0 saturated carbocycles. The molecule has 0 spiro atoms. The zero-order valence-corrected chi connectivity index (χ0v) is 12.2. The molecule has 21 heavy (non-hydrogen) atoms. The molecule has 0 bridgehead atoms. The Balaban J connectivity index is 1.88. The first-order valence-corrected chi connectivity index (χ1v) is 7.41. The fraction of sp³-hybridized carbons (Fsp3) is 0.0714. The second-order valence-electron chi connectivity index (χ2n) is 4.28. The Bertz CT molecular complexity index is 868. The summed E-state index contributed by atoms with van der Waals surface area (Å²) in [4.78, 5) is 20.1. The topological polar surface area (TPSA) is 47.3 Å². The summed E-state index contributed by atoms with van der Waals surface area (Å²) in [6.07, 6.45) is 1.47. The Morgan fingerprint density at radius 3 is 2.90 bits per heavy atom. The van der Waals surface area contributed by atoms with Crippen LogP contribution in [-0.4, -0.2) is 14.4 Å². The first-order valence-electron chi connectivity index (χ1n) is 6.05. The highest BCUT2D eigenvalue weighted by Gasteiger charge is 2.06. The molecule has 0 aliphatic carbocycles. The van der Waals surface area contributed by atoms with E-state index in [2.05, 4.69) is 9.97 Å². The Kier molecular flexibility index (Phi) is 3.90. The van der Waals surface area contributed by atoms with Gasteiger partial charge in [-0.1, -0.05) is 35.5 Å². The molecule has 7 heteroatoms. The van der Waals surface area contributed by atoms with Crippen LogP contribution in [0.3, 0.4) is 0 Å². The first-order chi connectivity index (χ1) is 10.1. The fourth-order valence-electron chi connectivity index (χ4n) is 1.81. The Morgan fingerprint density at radius 1 is 1.24 bits per heavy atom. The van der Waals surface area contributed by atoms with Gasteiger partial charge in [-0.25, -0.2) is 18.6 Å². The van der Waals surface area contributed by atoms with Crippen molar-refractivity contribution in [3.05, 3.63) is 69.5 Å². The molecule has 0 saturated heterocycles. The SMILES string of the molecule is O=c1nc(SCc2cccc(F)c2)nc2ccc(Cl)cn12. The van der Waals surface area contributed by atoms with E-state index in [9.17, 15) is 9.18 Å². The smallest absolute Gasteiger partial charge is 0.250 e. The predicted octanol–water partition coefficient (Wildman–Crippen LogP) is 3.17. The third-order valence-corrected chi connectivity index (χ3v) is 3.90. The van der Waals surface area contributed by atoms with E-state index in [-0.39, 0.29) is 5.82 Å². The molecule has 0 N–H and O–H groups in total. The highest BCUT2D eigenvalue weighted by molar-refractivity contribution is 7.98.